The molecular formula is C8H12F3N3O2S. The van der Waals surface area contributed by atoms with Crippen molar-refractivity contribution < 1.29 is 22.6 Å². The second-order valence-electron chi connectivity index (χ2n) is 3.04. The summed E-state index contributed by atoms with van der Waals surface area (Å²) in [6, 6.07) is 0. The van der Waals surface area contributed by atoms with Gasteiger partial charge in [0.2, 0.25) is 5.13 Å². The maximum Gasteiger partial charge on any atom is 0.411 e. The Labute approximate surface area is 100 Å². The molecule has 1 aromatic rings. The van der Waals surface area contributed by atoms with E-state index in [2.05, 4.69) is 19.4 Å². The standard InChI is InChI=1S/C8H12F3N3O2S/c1-15-3-2-12-7-13-6(14-17-7)4-16-5-8(9,10)11/h2-5H2,1H3,(H,12,13,14). The number of ether oxygens (including phenoxy) is 2. The quantitative estimate of drug-likeness (QED) is 0.765. The molecule has 0 bridgehead atoms. The minimum absolute atomic E-state index is 0.235. The predicted molar refractivity (Wildman–Crippen MR) is 56.0 cm³/mol. The van der Waals surface area contributed by atoms with Gasteiger partial charge in [-0.2, -0.15) is 17.5 Å². The summed E-state index contributed by atoms with van der Waals surface area (Å²) in [5.41, 5.74) is 0. The van der Waals surface area contributed by atoms with E-state index in [0.717, 1.165) is 11.5 Å². The Morgan fingerprint density at radius 3 is 2.82 bits per heavy atom. The third-order valence-electron chi connectivity index (χ3n) is 1.55. The van der Waals surface area contributed by atoms with Crippen LogP contribution in [0.3, 0.4) is 0 Å². The molecule has 1 N–H and O–H groups in total. The van der Waals surface area contributed by atoms with Gasteiger partial charge in [0.05, 0.1) is 6.61 Å². The van der Waals surface area contributed by atoms with Crippen LogP contribution in [-0.4, -0.2) is 42.4 Å². The molecule has 0 fully saturated rings. The van der Waals surface area contributed by atoms with Crippen LogP contribution in [0.1, 0.15) is 5.82 Å². The Morgan fingerprint density at radius 2 is 2.18 bits per heavy atom. The average molecular weight is 271 g/mol. The normalized spacial score (nSPS) is 11.8. The number of methoxy groups -OCH3 is 1. The Hall–Kier alpha value is -0.930. The van der Waals surface area contributed by atoms with Crippen molar-refractivity contribution in [3.05, 3.63) is 5.82 Å². The SMILES string of the molecule is COCCNc1nc(COCC(F)(F)F)ns1. The van der Waals surface area contributed by atoms with Gasteiger partial charge in [0.15, 0.2) is 5.82 Å². The molecule has 1 heterocycles. The van der Waals surface area contributed by atoms with Crippen molar-refractivity contribution in [2.24, 2.45) is 0 Å². The van der Waals surface area contributed by atoms with Crippen molar-refractivity contribution in [3.63, 3.8) is 0 Å². The molecule has 5 nitrogen and oxygen atoms in total. The topological polar surface area (TPSA) is 56.3 Å². The van der Waals surface area contributed by atoms with Crippen LogP contribution in [0.2, 0.25) is 0 Å². The molecule has 0 radical (unpaired) electrons. The van der Waals surface area contributed by atoms with E-state index in [9.17, 15) is 13.2 Å². The fourth-order valence-electron chi connectivity index (χ4n) is 0.902. The van der Waals surface area contributed by atoms with Crippen LogP contribution in [0.25, 0.3) is 0 Å². The van der Waals surface area contributed by atoms with Crippen molar-refractivity contribution >= 4 is 16.7 Å². The van der Waals surface area contributed by atoms with Gasteiger partial charge < -0.3 is 14.8 Å². The van der Waals surface area contributed by atoms with Crippen molar-refractivity contribution in [1.29, 1.82) is 0 Å². The van der Waals surface area contributed by atoms with E-state index in [1.807, 2.05) is 0 Å². The fourth-order valence-corrected chi connectivity index (χ4v) is 1.50. The van der Waals surface area contributed by atoms with Gasteiger partial charge in [0.25, 0.3) is 0 Å². The Kier molecular flexibility index (Phi) is 5.59. The molecule has 0 aliphatic rings. The van der Waals surface area contributed by atoms with E-state index in [1.165, 1.54) is 0 Å². The molecule has 1 rings (SSSR count). The lowest BCUT2D eigenvalue weighted by Gasteiger charge is -2.05. The van der Waals surface area contributed by atoms with Crippen molar-refractivity contribution in [2.45, 2.75) is 12.8 Å². The fraction of sp³-hybridized carbons (Fsp3) is 0.750. The van der Waals surface area contributed by atoms with Crippen LogP contribution in [-0.2, 0) is 16.1 Å². The summed E-state index contributed by atoms with van der Waals surface area (Å²) < 4.78 is 48.4. The molecule has 0 aliphatic carbocycles. The highest BCUT2D eigenvalue weighted by Gasteiger charge is 2.27. The third-order valence-corrected chi connectivity index (χ3v) is 2.26. The molecule has 98 valence electrons. The predicted octanol–water partition coefficient (Wildman–Crippen LogP) is 1.68. The zero-order valence-electron chi connectivity index (χ0n) is 9.08. The number of alkyl halides is 3. The average Bonchev–Trinajstić information content (AvgIpc) is 2.64. The van der Waals surface area contributed by atoms with Gasteiger partial charge in [-0.25, -0.2) is 4.98 Å². The molecule has 0 saturated heterocycles. The molecule has 0 aromatic carbocycles. The number of rotatable bonds is 7. The van der Waals surface area contributed by atoms with Gasteiger partial charge in [-0.1, -0.05) is 0 Å². The number of halogens is 3. The summed E-state index contributed by atoms with van der Waals surface area (Å²) in [4.78, 5) is 3.95. The van der Waals surface area contributed by atoms with Crippen LogP contribution in [0.15, 0.2) is 0 Å². The van der Waals surface area contributed by atoms with Crippen LogP contribution < -0.4 is 5.32 Å². The van der Waals surface area contributed by atoms with Crippen molar-refractivity contribution in [1.82, 2.24) is 9.36 Å². The van der Waals surface area contributed by atoms with E-state index < -0.39 is 12.8 Å². The highest BCUT2D eigenvalue weighted by molar-refractivity contribution is 7.09. The van der Waals surface area contributed by atoms with Crippen molar-refractivity contribution in [2.75, 3.05) is 32.2 Å². The monoisotopic (exact) mass is 271 g/mol. The first kappa shape index (κ1) is 14.1. The molecule has 17 heavy (non-hydrogen) atoms. The lowest BCUT2D eigenvalue weighted by molar-refractivity contribution is -0.177. The molecule has 0 unspecified atom stereocenters. The summed E-state index contributed by atoms with van der Waals surface area (Å²) in [5.74, 6) is 0.235. The van der Waals surface area contributed by atoms with Crippen LogP contribution in [0, 0.1) is 0 Å². The molecule has 0 atom stereocenters. The maximum atomic E-state index is 11.8. The summed E-state index contributed by atoms with van der Waals surface area (Å²) in [7, 11) is 1.57. The second-order valence-corrected chi connectivity index (χ2v) is 3.80. The lowest BCUT2D eigenvalue weighted by atomic mass is 10.6. The van der Waals surface area contributed by atoms with Crippen LogP contribution in [0.4, 0.5) is 18.3 Å². The van der Waals surface area contributed by atoms with E-state index >= 15 is 0 Å². The Bertz CT molecular complexity index is 332. The maximum absolute atomic E-state index is 11.8. The number of hydrogen-bond acceptors (Lipinski definition) is 6. The van der Waals surface area contributed by atoms with Crippen molar-refractivity contribution in [3.8, 4) is 0 Å². The molecule has 1 aromatic heterocycles. The lowest BCUT2D eigenvalue weighted by Crippen LogP contribution is -2.17. The summed E-state index contributed by atoms with van der Waals surface area (Å²) in [5, 5.41) is 3.45. The Morgan fingerprint density at radius 1 is 1.41 bits per heavy atom. The summed E-state index contributed by atoms with van der Waals surface area (Å²) >= 11 is 1.07. The number of anilines is 1. The van der Waals surface area contributed by atoms with Gasteiger partial charge in [-0.15, -0.1) is 0 Å². The van der Waals surface area contributed by atoms with Gasteiger partial charge >= 0.3 is 6.18 Å². The third kappa shape index (κ3) is 6.39. The van der Waals surface area contributed by atoms with E-state index in [4.69, 9.17) is 4.74 Å². The van der Waals surface area contributed by atoms with E-state index in [-0.39, 0.29) is 12.4 Å². The Balaban J connectivity index is 2.26. The number of nitrogens with one attached hydrogen (secondary N) is 1. The first-order chi connectivity index (χ1) is 8.01. The van der Waals surface area contributed by atoms with Crippen LogP contribution in [0.5, 0.6) is 0 Å². The number of hydrogen-bond donors (Lipinski definition) is 1. The van der Waals surface area contributed by atoms with E-state index in [0.29, 0.717) is 18.3 Å². The number of aromatic nitrogens is 2. The molecule has 9 heteroatoms. The van der Waals surface area contributed by atoms with Gasteiger partial charge in [0, 0.05) is 25.2 Å². The highest BCUT2D eigenvalue weighted by Crippen LogP contribution is 2.16. The molecule has 0 aliphatic heterocycles. The highest BCUT2D eigenvalue weighted by atomic mass is 32.1. The number of nitrogens with zero attached hydrogens (tertiary/aromatic N) is 2. The molecular weight excluding hydrogens is 259 g/mol. The summed E-state index contributed by atoms with van der Waals surface area (Å²) in [6.07, 6.45) is -4.32. The largest absolute Gasteiger partial charge is 0.411 e. The molecule has 0 amide bonds. The zero-order valence-corrected chi connectivity index (χ0v) is 9.90. The zero-order chi connectivity index (χ0) is 12.7. The smallest absolute Gasteiger partial charge is 0.383 e. The second kappa shape index (κ2) is 6.72. The minimum Gasteiger partial charge on any atom is -0.383 e. The van der Waals surface area contributed by atoms with E-state index in [1.54, 1.807) is 7.11 Å². The van der Waals surface area contributed by atoms with Crippen LogP contribution >= 0.6 is 11.5 Å². The van der Waals surface area contributed by atoms with Gasteiger partial charge in [-0.05, 0) is 0 Å². The van der Waals surface area contributed by atoms with Gasteiger partial charge in [0.1, 0.15) is 13.2 Å². The van der Waals surface area contributed by atoms with Gasteiger partial charge in [-0.3, -0.25) is 0 Å². The molecule has 0 saturated carbocycles. The minimum atomic E-state index is -4.32. The summed E-state index contributed by atoms with van der Waals surface area (Å²) in [6.45, 7) is -0.464. The first-order valence-electron chi connectivity index (χ1n) is 4.71. The first-order valence-corrected chi connectivity index (χ1v) is 5.48. The molecule has 0 spiro atoms.